The van der Waals surface area contributed by atoms with Gasteiger partial charge in [0.25, 0.3) is 0 Å². The molecule has 0 aliphatic heterocycles. The molecule has 1 N–H and O–H groups in total. The number of halogens is 2. The second kappa shape index (κ2) is 13.3. The minimum absolute atomic E-state index is 0.0485. The summed E-state index contributed by atoms with van der Waals surface area (Å²) in [5, 5.41) is 3.92. The number of hydrogen-bond acceptors (Lipinski definition) is 3. The summed E-state index contributed by atoms with van der Waals surface area (Å²) in [6, 6.07) is 11.2. The summed E-state index contributed by atoms with van der Waals surface area (Å²) >= 11 is 13.8. The van der Waals surface area contributed by atoms with Crippen LogP contribution in [0.4, 0.5) is 0 Å². The van der Waals surface area contributed by atoms with E-state index in [1.165, 1.54) is 16.7 Å². The van der Waals surface area contributed by atoms with Crippen molar-refractivity contribution in [3.63, 3.8) is 0 Å². The van der Waals surface area contributed by atoms with Gasteiger partial charge in [-0.05, 0) is 56.9 Å². The Morgan fingerprint density at radius 3 is 2.21 bits per heavy atom. The maximum atomic E-state index is 13.3. The predicted octanol–water partition coefficient (Wildman–Crippen LogP) is 6.57. The number of thioether (sulfide) groups is 1. The Morgan fingerprint density at radius 2 is 1.64 bits per heavy atom. The summed E-state index contributed by atoms with van der Waals surface area (Å²) in [5.74, 6) is 0.841. The minimum Gasteiger partial charge on any atom is -0.352 e. The van der Waals surface area contributed by atoms with Crippen LogP contribution in [0.5, 0.6) is 0 Å². The first-order valence-electron chi connectivity index (χ1n) is 11.3. The summed E-state index contributed by atoms with van der Waals surface area (Å²) in [6.45, 7) is 10.4. The van der Waals surface area contributed by atoms with E-state index >= 15 is 0 Å². The lowest BCUT2D eigenvalue weighted by molar-refractivity contribution is -0.139. The maximum Gasteiger partial charge on any atom is 0.243 e. The Bertz CT molecular complexity index is 947. The fourth-order valence-electron chi connectivity index (χ4n) is 3.69. The number of hydrogen-bond donors (Lipinski definition) is 1. The van der Waals surface area contributed by atoms with Crippen molar-refractivity contribution >= 4 is 46.8 Å². The quantitative estimate of drug-likeness (QED) is 0.373. The van der Waals surface area contributed by atoms with Crippen molar-refractivity contribution in [1.82, 2.24) is 10.2 Å². The molecular formula is C26H34Cl2N2O2S. The molecule has 0 aromatic heterocycles. The average Bonchev–Trinajstić information content (AvgIpc) is 2.75. The number of nitrogens with zero attached hydrogens (tertiary/aromatic N) is 1. The third-order valence-corrected chi connectivity index (χ3v) is 7.23. The monoisotopic (exact) mass is 508 g/mol. The fourth-order valence-corrected chi connectivity index (χ4v) is 4.85. The van der Waals surface area contributed by atoms with Crippen LogP contribution in [0, 0.1) is 13.8 Å². The summed E-state index contributed by atoms with van der Waals surface area (Å²) < 4.78 is 0. The van der Waals surface area contributed by atoms with E-state index < -0.39 is 6.04 Å². The first-order valence-corrected chi connectivity index (χ1v) is 13.2. The summed E-state index contributed by atoms with van der Waals surface area (Å²) in [6.07, 6.45) is 1.35. The molecule has 2 rings (SSSR count). The van der Waals surface area contributed by atoms with Crippen molar-refractivity contribution in [3.05, 3.63) is 68.7 Å². The second-order valence-electron chi connectivity index (χ2n) is 8.50. The first kappa shape index (κ1) is 27.6. The lowest BCUT2D eigenvalue weighted by atomic mass is 10.1. The minimum atomic E-state index is -0.553. The number of nitrogens with one attached hydrogen (secondary N) is 1. The van der Waals surface area contributed by atoms with Crippen LogP contribution < -0.4 is 5.32 Å². The standard InChI is InChI=1S/C26H34Cl2N2O2S/c1-6-19(5)29-26(32)24(7-2)30(14-20-8-9-22(27)23(28)13-20)25(31)16-33-15-21-11-17(3)10-18(4)12-21/h8-13,19,24H,6-7,14-16H2,1-5H3,(H,29,32)/t19-,24+/m1/s1. The highest BCUT2D eigenvalue weighted by Gasteiger charge is 2.29. The van der Waals surface area contributed by atoms with E-state index in [0.717, 1.165) is 17.7 Å². The van der Waals surface area contributed by atoms with E-state index in [-0.39, 0.29) is 17.9 Å². The highest BCUT2D eigenvalue weighted by molar-refractivity contribution is 7.99. The van der Waals surface area contributed by atoms with Gasteiger partial charge in [-0.2, -0.15) is 0 Å². The normalized spacial score (nSPS) is 12.8. The number of carbonyl (C=O) groups is 2. The van der Waals surface area contributed by atoms with E-state index in [4.69, 9.17) is 23.2 Å². The number of benzene rings is 2. The molecule has 0 aliphatic carbocycles. The van der Waals surface area contributed by atoms with Gasteiger partial charge in [0, 0.05) is 18.3 Å². The smallest absolute Gasteiger partial charge is 0.243 e. The van der Waals surface area contributed by atoms with Crippen LogP contribution in [0.25, 0.3) is 0 Å². The zero-order chi connectivity index (χ0) is 24.5. The Balaban J connectivity index is 2.18. The molecule has 0 saturated carbocycles. The van der Waals surface area contributed by atoms with Gasteiger partial charge in [-0.1, -0.05) is 72.4 Å². The van der Waals surface area contributed by atoms with Crippen LogP contribution >= 0.6 is 35.0 Å². The van der Waals surface area contributed by atoms with Crippen molar-refractivity contribution in [1.29, 1.82) is 0 Å². The van der Waals surface area contributed by atoms with Gasteiger partial charge < -0.3 is 10.2 Å². The fraction of sp³-hybridized carbons (Fsp3) is 0.462. The molecule has 2 amide bonds. The molecule has 0 saturated heterocycles. The predicted molar refractivity (Wildman–Crippen MR) is 141 cm³/mol. The molecule has 0 bridgehead atoms. The molecule has 2 aromatic carbocycles. The van der Waals surface area contributed by atoms with Crippen molar-refractivity contribution in [2.45, 2.75) is 71.8 Å². The van der Waals surface area contributed by atoms with Gasteiger partial charge in [0.2, 0.25) is 11.8 Å². The highest BCUT2D eigenvalue weighted by Crippen LogP contribution is 2.25. The van der Waals surface area contributed by atoms with Crippen LogP contribution in [0.1, 0.15) is 55.9 Å². The van der Waals surface area contributed by atoms with E-state index in [9.17, 15) is 9.59 Å². The van der Waals surface area contributed by atoms with Crippen LogP contribution in [0.2, 0.25) is 10.0 Å². The molecule has 0 unspecified atom stereocenters. The van der Waals surface area contributed by atoms with Gasteiger partial charge >= 0.3 is 0 Å². The molecule has 4 nitrogen and oxygen atoms in total. The van der Waals surface area contributed by atoms with E-state index in [1.54, 1.807) is 28.8 Å². The molecule has 0 spiro atoms. The van der Waals surface area contributed by atoms with Crippen LogP contribution in [-0.4, -0.2) is 34.6 Å². The molecule has 0 heterocycles. The van der Waals surface area contributed by atoms with Gasteiger partial charge in [0.1, 0.15) is 6.04 Å². The van der Waals surface area contributed by atoms with Crippen LogP contribution in [-0.2, 0) is 21.9 Å². The summed E-state index contributed by atoms with van der Waals surface area (Å²) in [7, 11) is 0. The number of amides is 2. The number of carbonyl (C=O) groups excluding carboxylic acids is 2. The maximum absolute atomic E-state index is 13.3. The van der Waals surface area contributed by atoms with E-state index in [2.05, 4.69) is 37.4 Å². The Labute approximate surface area is 212 Å². The van der Waals surface area contributed by atoms with Crippen molar-refractivity contribution in [2.75, 3.05) is 5.75 Å². The van der Waals surface area contributed by atoms with Gasteiger partial charge in [-0.25, -0.2) is 0 Å². The summed E-state index contributed by atoms with van der Waals surface area (Å²) in [5.41, 5.74) is 4.46. The van der Waals surface area contributed by atoms with Gasteiger partial charge in [0.05, 0.1) is 15.8 Å². The molecule has 2 atom stereocenters. The molecule has 0 aliphatic rings. The second-order valence-corrected chi connectivity index (χ2v) is 10.3. The summed E-state index contributed by atoms with van der Waals surface area (Å²) in [4.78, 5) is 28.0. The lowest BCUT2D eigenvalue weighted by Crippen LogP contribution is -2.51. The average molecular weight is 510 g/mol. The van der Waals surface area contributed by atoms with Crippen molar-refractivity contribution in [2.24, 2.45) is 0 Å². The molecule has 180 valence electrons. The SMILES string of the molecule is CC[C@@H](C)NC(=O)[C@H](CC)N(Cc1ccc(Cl)c(Cl)c1)C(=O)CSCc1cc(C)cc(C)c1. The zero-order valence-electron chi connectivity index (χ0n) is 20.1. The third-order valence-electron chi connectivity index (χ3n) is 5.50. The molecular weight excluding hydrogens is 475 g/mol. The number of rotatable bonds is 11. The van der Waals surface area contributed by atoms with E-state index in [1.807, 2.05) is 26.8 Å². The van der Waals surface area contributed by atoms with Crippen LogP contribution in [0.3, 0.4) is 0 Å². The molecule has 2 aromatic rings. The molecule has 33 heavy (non-hydrogen) atoms. The molecule has 0 fully saturated rings. The largest absolute Gasteiger partial charge is 0.352 e. The first-order chi connectivity index (χ1) is 15.6. The topological polar surface area (TPSA) is 49.4 Å². The molecule has 0 radical (unpaired) electrons. The highest BCUT2D eigenvalue weighted by atomic mass is 35.5. The van der Waals surface area contributed by atoms with Gasteiger partial charge in [-0.3, -0.25) is 9.59 Å². The Hall–Kier alpha value is -1.69. The van der Waals surface area contributed by atoms with Crippen LogP contribution in [0.15, 0.2) is 36.4 Å². The molecule has 7 heteroatoms. The zero-order valence-corrected chi connectivity index (χ0v) is 22.4. The van der Waals surface area contributed by atoms with Gasteiger partial charge in [0.15, 0.2) is 0 Å². The Kier molecular flexibility index (Phi) is 11.1. The third kappa shape index (κ3) is 8.55. The Morgan fingerprint density at radius 1 is 0.970 bits per heavy atom. The van der Waals surface area contributed by atoms with E-state index in [0.29, 0.717) is 28.8 Å². The van der Waals surface area contributed by atoms with Gasteiger partial charge in [-0.15, -0.1) is 11.8 Å². The van der Waals surface area contributed by atoms with Crippen molar-refractivity contribution in [3.8, 4) is 0 Å². The number of aryl methyl sites for hydroxylation is 2. The van der Waals surface area contributed by atoms with Crippen molar-refractivity contribution < 1.29 is 9.59 Å². The lowest BCUT2D eigenvalue weighted by Gasteiger charge is -2.31.